The minimum atomic E-state index is -3.83. The quantitative estimate of drug-likeness (QED) is 0.595. The first-order valence-electron chi connectivity index (χ1n) is 5.73. The monoisotopic (exact) mass is 404 g/mol. The lowest BCUT2D eigenvalue weighted by Gasteiger charge is -2.09. The predicted molar refractivity (Wildman–Crippen MR) is 86.5 cm³/mol. The van der Waals surface area contributed by atoms with Crippen LogP contribution >= 0.6 is 39.1 Å². The van der Waals surface area contributed by atoms with E-state index in [9.17, 15) is 8.42 Å². The van der Waals surface area contributed by atoms with Crippen molar-refractivity contribution >= 4 is 60.2 Å². The Kier molecular flexibility index (Phi) is 3.73. The van der Waals surface area contributed by atoms with Crippen LogP contribution < -0.4 is 0 Å². The fourth-order valence-corrected chi connectivity index (χ4v) is 4.79. The SMILES string of the molecule is O=S(=O)(c1cc(Cl)c(Cl)cc1Br)n1cnc2ccccc21. The summed E-state index contributed by atoms with van der Waals surface area (Å²) >= 11 is 15.0. The summed E-state index contributed by atoms with van der Waals surface area (Å²) < 4.78 is 27.0. The summed E-state index contributed by atoms with van der Waals surface area (Å²) in [4.78, 5) is 4.12. The second-order valence-corrected chi connectivity index (χ2v) is 7.68. The fourth-order valence-electron chi connectivity index (χ4n) is 1.94. The number of hydrogen-bond donors (Lipinski definition) is 0. The summed E-state index contributed by atoms with van der Waals surface area (Å²) in [6.45, 7) is 0. The van der Waals surface area contributed by atoms with Gasteiger partial charge in [-0.2, -0.15) is 0 Å². The molecule has 0 aliphatic rings. The molecule has 0 saturated heterocycles. The lowest BCUT2D eigenvalue weighted by Crippen LogP contribution is -2.12. The van der Waals surface area contributed by atoms with Crippen LogP contribution in [0.5, 0.6) is 0 Å². The molecule has 0 saturated carbocycles. The number of halogens is 3. The van der Waals surface area contributed by atoms with Gasteiger partial charge in [-0.05, 0) is 40.2 Å². The molecule has 2 aromatic carbocycles. The third kappa shape index (κ3) is 2.46. The number of fused-ring (bicyclic) bond motifs is 1. The van der Waals surface area contributed by atoms with E-state index < -0.39 is 10.0 Å². The van der Waals surface area contributed by atoms with Crippen LogP contribution in [0, 0.1) is 0 Å². The van der Waals surface area contributed by atoms with E-state index in [0.717, 1.165) is 3.97 Å². The normalized spacial score (nSPS) is 12.0. The molecule has 0 amide bonds. The molecule has 0 radical (unpaired) electrons. The van der Waals surface area contributed by atoms with Crippen molar-refractivity contribution < 1.29 is 8.42 Å². The van der Waals surface area contributed by atoms with Crippen LogP contribution in [0.1, 0.15) is 0 Å². The second-order valence-electron chi connectivity index (χ2n) is 4.23. The van der Waals surface area contributed by atoms with Gasteiger partial charge in [-0.25, -0.2) is 17.4 Å². The van der Waals surface area contributed by atoms with E-state index in [2.05, 4.69) is 20.9 Å². The zero-order chi connectivity index (χ0) is 15.2. The zero-order valence-corrected chi connectivity index (χ0v) is 14.2. The van der Waals surface area contributed by atoms with Gasteiger partial charge in [0.2, 0.25) is 0 Å². The third-order valence-electron chi connectivity index (χ3n) is 2.93. The van der Waals surface area contributed by atoms with Crippen molar-refractivity contribution in [3.8, 4) is 0 Å². The Labute approximate surface area is 139 Å². The van der Waals surface area contributed by atoms with Crippen molar-refractivity contribution in [1.29, 1.82) is 0 Å². The molecule has 0 fully saturated rings. The molecule has 3 aromatic rings. The molecule has 0 atom stereocenters. The van der Waals surface area contributed by atoms with Gasteiger partial charge in [-0.3, -0.25) is 0 Å². The number of hydrogen-bond acceptors (Lipinski definition) is 3. The minimum Gasteiger partial charge on any atom is -0.236 e. The number of para-hydroxylation sites is 2. The molecule has 0 aliphatic heterocycles. The Balaban J connectivity index is 2.29. The molecule has 21 heavy (non-hydrogen) atoms. The lowest BCUT2D eigenvalue weighted by atomic mass is 10.3. The van der Waals surface area contributed by atoms with Crippen molar-refractivity contribution in [1.82, 2.24) is 8.96 Å². The van der Waals surface area contributed by atoms with Crippen LogP contribution in [-0.4, -0.2) is 17.4 Å². The van der Waals surface area contributed by atoms with Crippen LogP contribution in [0.25, 0.3) is 11.0 Å². The Morgan fingerprint density at radius 3 is 2.52 bits per heavy atom. The van der Waals surface area contributed by atoms with Gasteiger partial charge in [-0.15, -0.1) is 0 Å². The largest absolute Gasteiger partial charge is 0.270 e. The lowest BCUT2D eigenvalue weighted by molar-refractivity contribution is 0.588. The van der Waals surface area contributed by atoms with Gasteiger partial charge in [0.1, 0.15) is 11.2 Å². The zero-order valence-electron chi connectivity index (χ0n) is 10.3. The van der Waals surface area contributed by atoms with Crippen LogP contribution in [0.4, 0.5) is 0 Å². The first kappa shape index (κ1) is 14.8. The molecule has 108 valence electrons. The number of imidazole rings is 1. The van der Waals surface area contributed by atoms with Crippen molar-refractivity contribution in [2.45, 2.75) is 4.90 Å². The van der Waals surface area contributed by atoms with E-state index in [1.165, 1.54) is 18.5 Å². The maximum absolute atomic E-state index is 12.8. The molecule has 0 N–H and O–H groups in total. The van der Waals surface area contributed by atoms with Crippen LogP contribution in [0.2, 0.25) is 10.0 Å². The summed E-state index contributed by atoms with van der Waals surface area (Å²) in [5, 5.41) is 0.445. The Morgan fingerprint density at radius 2 is 1.76 bits per heavy atom. The van der Waals surface area contributed by atoms with Crippen LogP contribution in [-0.2, 0) is 10.0 Å². The summed E-state index contributed by atoms with van der Waals surface area (Å²) in [7, 11) is -3.83. The average molecular weight is 406 g/mol. The molecule has 1 aromatic heterocycles. The van der Waals surface area contributed by atoms with E-state index in [1.54, 1.807) is 24.3 Å². The van der Waals surface area contributed by atoms with Gasteiger partial charge in [0.15, 0.2) is 0 Å². The molecule has 3 rings (SSSR count). The molecule has 4 nitrogen and oxygen atoms in total. The maximum Gasteiger partial charge on any atom is 0.270 e. The third-order valence-corrected chi connectivity index (χ3v) is 6.28. The van der Waals surface area contributed by atoms with Crippen molar-refractivity contribution in [2.24, 2.45) is 0 Å². The van der Waals surface area contributed by atoms with Crippen LogP contribution in [0.15, 0.2) is 52.1 Å². The molecular weight excluding hydrogens is 399 g/mol. The van der Waals surface area contributed by atoms with Gasteiger partial charge < -0.3 is 0 Å². The Hall–Kier alpha value is -1.08. The van der Waals surface area contributed by atoms with Crippen LogP contribution in [0.3, 0.4) is 0 Å². The van der Waals surface area contributed by atoms with Crippen molar-refractivity contribution in [3.05, 3.63) is 57.2 Å². The number of benzene rings is 2. The van der Waals surface area contributed by atoms with Crippen molar-refractivity contribution in [2.75, 3.05) is 0 Å². The minimum absolute atomic E-state index is 0.0278. The van der Waals surface area contributed by atoms with E-state index in [0.29, 0.717) is 15.5 Å². The smallest absolute Gasteiger partial charge is 0.236 e. The molecule has 0 bridgehead atoms. The fraction of sp³-hybridized carbons (Fsp3) is 0. The summed E-state index contributed by atoms with van der Waals surface area (Å²) in [6.07, 6.45) is 1.27. The number of rotatable bonds is 2. The highest BCUT2D eigenvalue weighted by Crippen LogP contribution is 2.33. The molecular formula is C13H7BrCl2N2O2S. The predicted octanol–water partition coefficient (Wildman–Crippen LogP) is 4.34. The van der Waals surface area contributed by atoms with E-state index in [1.807, 2.05) is 0 Å². The molecule has 8 heteroatoms. The Bertz CT molecular complexity index is 954. The van der Waals surface area contributed by atoms with E-state index in [4.69, 9.17) is 23.2 Å². The summed E-state index contributed by atoms with van der Waals surface area (Å²) in [6, 6.07) is 9.74. The van der Waals surface area contributed by atoms with Gasteiger partial charge in [0, 0.05) is 4.47 Å². The van der Waals surface area contributed by atoms with E-state index in [-0.39, 0.29) is 14.9 Å². The van der Waals surface area contributed by atoms with Crippen molar-refractivity contribution in [3.63, 3.8) is 0 Å². The highest BCUT2D eigenvalue weighted by atomic mass is 79.9. The standard InChI is InChI=1S/C13H7BrCl2N2O2S/c14-8-5-9(15)10(16)6-13(8)21(19,20)18-7-17-11-3-1-2-4-12(11)18/h1-7H. The van der Waals surface area contributed by atoms with E-state index >= 15 is 0 Å². The molecule has 1 heterocycles. The highest BCUT2D eigenvalue weighted by molar-refractivity contribution is 9.10. The molecule has 0 spiro atoms. The van der Waals surface area contributed by atoms with Gasteiger partial charge in [0.05, 0.1) is 21.1 Å². The van der Waals surface area contributed by atoms with Gasteiger partial charge in [0.25, 0.3) is 10.0 Å². The number of nitrogens with zero attached hydrogens (tertiary/aromatic N) is 2. The first-order chi connectivity index (χ1) is 9.91. The average Bonchev–Trinajstić information content (AvgIpc) is 2.87. The van der Waals surface area contributed by atoms with Gasteiger partial charge in [-0.1, -0.05) is 35.3 Å². The Morgan fingerprint density at radius 1 is 1.10 bits per heavy atom. The topological polar surface area (TPSA) is 52.0 Å². The molecule has 0 unspecified atom stereocenters. The summed E-state index contributed by atoms with van der Waals surface area (Å²) in [5.41, 5.74) is 1.09. The first-order valence-corrected chi connectivity index (χ1v) is 8.72. The number of aromatic nitrogens is 2. The second kappa shape index (κ2) is 5.28. The van der Waals surface area contributed by atoms with Gasteiger partial charge >= 0.3 is 0 Å². The maximum atomic E-state index is 12.8. The highest BCUT2D eigenvalue weighted by Gasteiger charge is 2.23. The summed E-state index contributed by atoms with van der Waals surface area (Å²) in [5.74, 6) is 0. The molecule has 0 aliphatic carbocycles.